The molecule has 2 aromatic carbocycles. The number of carbonyl (C=O) groups excluding carboxylic acids is 1. The van der Waals surface area contributed by atoms with Crippen LogP contribution in [-0.4, -0.2) is 47.1 Å². The summed E-state index contributed by atoms with van der Waals surface area (Å²) in [7, 11) is 0. The van der Waals surface area contributed by atoms with Crippen molar-refractivity contribution in [3.63, 3.8) is 0 Å². The monoisotopic (exact) mass is 399 g/mol. The largest absolute Gasteiger partial charge is 0.513 e. The number of nitrogens with one attached hydrogen (secondary N) is 1. The average Bonchev–Trinajstić information content (AvgIpc) is 2.98. The maximum absolute atomic E-state index is 12.0. The molecule has 150 valence electrons. The number of fused-ring (bicyclic) bond motifs is 3. The van der Waals surface area contributed by atoms with E-state index in [1.165, 1.54) is 0 Å². The Bertz CT molecular complexity index is 925. The number of esters is 1. The highest BCUT2D eigenvalue weighted by Gasteiger charge is 2.32. The number of hydrogen-bond acceptors (Lipinski definition) is 7. The lowest BCUT2D eigenvalue weighted by Gasteiger charge is -2.19. The van der Waals surface area contributed by atoms with E-state index in [0.29, 0.717) is 0 Å². The van der Waals surface area contributed by atoms with E-state index in [1.807, 2.05) is 48.5 Å². The summed E-state index contributed by atoms with van der Waals surface area (Å²) in [5.74, 6) is -2.25. The van der Waals surface area contributed by atoms with Gasteiger partial charge in [0.25, 0.3) is 0 Å². The maximum Gasteiger partial charge on any atom is 0.513 e. The topological polar surface area (TPSA) is 143 Å². The summed E-state index contributed by atoms with van der Waals surface area (Å²) >= 11 is 0. The number of carbonyl (C=O) groups is 3. The van der Waals surface area contributed by atoms with Gasteiger partial charge in [-0.3, -0.25) is 5.41 Å². The molecule has 0 amide bonds. The van der Waals surface area contributed by atoms with Gasteiger partial charge in [-0.25, -0.2) is 14.4 Å². The van der Waals surface area contributed by atoms with Gasteiger partial charge in [0.1, 0.15) is 0 Å². The third-order valence-electron chi connectivity index (χ3n) is 4.46. The highest BCUT2D eigenvalue weighted by atomic mass is 16.7. The van der Waals surface area contributed by atoms with Crippen molar-refractivity contribution >= 4 is 24.2 Å². The minimum atomic E-state index is -1.83. The van der Waals surface area contributed by atoms with Gasteiger partial charge >= 0.3 is 18.3 Å². The van der Waals surface area contributed by atoms with Crippen molar-refractivity contribution in [1.82, 2.24) is 0 Å². The summed E-state index contributed by atoms with van der Waals surface area (Å²) < 4.78 is 13.9. The number of rotatable bonds is 6. The average molecular weight is 399 g/mol. The van der Waals surface area contributed by atoms with Crippen LogP contribution in [0.15, 0.2) is 48.5 Å². The van der Waals surface area contributed by atoms with Crippen LogP contribution in [0.1, 0.15) is 23.5 Å². The lowest BCUT2D eigenvalue weighted by atomic mass is 9.98. The number of hydrogen-bond donors (Lipinski definition) is 3. The first-order valence-electron chi connectivity index (χ1n) is 8.59. The second-order valence-electron chi connectivity index (χ2n) is 6.23. The smallest absolute Gasteiger partial charge is 0.449 e. The Morgan fingerprint density at radius 3 is 1.93 bits per heavy atom. The molecule has 0 bridgehead atoms. The third kappa shape index (κ3) is 4.58. The molecular formula is C20H17NO8. The Hall–Kier alpha value is -3.72. The lowest BCUT2D eigenvalue weighted by molar-refractivity contribution is -0.152. The van der Waals surface area contributed by atoms with Crippen LogP contribution in [0.4, 0.5) is 9.59 Å². The minimum absolute atomic E-state index is 0.00619. The second kappa shape index (κ2) is 8.53. The molecule has 0 saturated carbocycles. The Kier molecular flexibility index (Phi) is 5.89. The maximum atomic E-state index is 12.0. The van der Waals surface area contributed by atoms with Crippen molar-refractivity contribution in [1.29, 1.82) is 5.41 Å². The molecule has 0 heterocycles. The van der Waals surface area contributed by atoms with Gasteiger partial charge in [0.05, 0.1) is 13.0 Å². The molecule has 1 unspecified atom stereocenters. The quantitative estimate of drug-likeness (QED) is 0.290. The number of ether oxygens (including phenoxy) is 3. The molecule has 0 aromatic heterocycles. The Balaban J connectivity index is 1.79. The van der Waals surface area contributed by atoms with Crippen LogP contribution in [0.25, 0.3) is 11.1 Å². The van der Waals surface area contributed by atoms with Crippen molar-refractivity contribution in [2.24, 2.45) is 0 Å². The van der Waals surface area contributed by atoms with Crippen LogP contribution in [-0.2, 0) is 19.0 Å². The highest BCUT2D eigenvalue weighted by molar-refractivity contribution is 5.90. The fraction of sp³-hybridized carbons (Fsp3) is 0.200. The van der Waals surface area contributed by atoms with E-state index in [2.05, 4.69) is 9.47 Å². The lowest BCUT2D eigenvalue weighted by Crippen LogP contribution is -2.32. The van der Waals surface area contributed by atoms with E-state index < -0.39 is 36.7 Å². The van der Waals surface area contributed by atoms with Gasteiger partial charge in [-0.1, -0.05) is 48.5 Å². The second-order valence-corrected chi connectivity index (χ2v) is 6.23. The first kappa shape index (κ1) is 20.0. The molecule has 0 aliphatic heterocycles. The van der Waals surface area contributed by atoms with Crippen LogP contribution in [0.2, 0.25) is 0 Å². The summed E-state index contributed by atoms with van der Waals surface area (Å²) in [4.78, 5) is 33.3. The standard InChI is InChI=1S/C20H17NO8/c21-17(28-19(23)24)9-16(18(22)29-20(25)26)27-10-15-13-7-3-1-5-11(13)12-6-2-4-8-14(12)15/h1-8,15-16,21H,9-10H2,(H,23,24)(H,25,26). The molecule has 0 fully saturated rings. The Labute approximate surface area is 165 Å². The molecule has 3 N–H and O–H groups in total. The summed E-state index contributed by atoms with van der Waals surface area (Å²) in [6.07, 6.45) is -5.66. The SMILES string of the molecule is N=C(CC(OCC1c2ccccc2-c2ccccc21)C(=O)OC(=O)O)OC(=O)O. The van der Waals surface area contributed by atoms with Crippen molar-refractivity contribution in [3.05, 3.63) is 59.7 Å². The molecule has 2 aromatic rings. The van der Waals surface area contributed by atoms with E-state index in [4.69, 9.17) is 20.4 Å². The molecule has 29 heavy (non-hydrogen) atoms. The molecule has 1 aliphatic carbocycles. The van der Waals surface area contributed by atoms with Crippen molar-refractivity contribution in [2.45, 2.75) is 18.4 Å². The van der Waals surface area contributed by atoms with E-state index in [9.17, 15) is 14.4 Å². The first-order chi connectivity index (χ1) is 13.9. The number of carboxylic acid groups (broad SMARTS) is 2. The molecule has 1 atom stereocenters. The molecule has 1 aliphatic rings. The van der Waals surface area contributed by atoms with Gasteiger partial charge in [0.15, 0.2) is 12.0 Å². The third-order valence-corrected chi connectivity index (χ3v) is 4.46. The van der Waals surface area contributed by atoms with Crippen molar-refractivity contribution < 1.29 is 38.8 Å². The fourth-order valence-corrected chi connectivity index (χ4v) is 3.33. The zero-order chi connectivity index (χ0) is 21.0. The van der Waals surface area contributed by atoms with Crippen LogP contribution in [0.3, 0.4) is 0 Å². The van der Waals surface area contributed by atoms with Gasteiger partial charge < -0.3 is 24.4 Å². The van der Waals surface area contributed by atoms with E-state index in [0.717, 1.165) is 22.3 Å². The summed E-state index contributed by atoms with van der Waals surface area (Å²) in [6, 6.07) is 15.4. The molecule has 9 heteroatoms. The number of benzene rings is 2. The van der Waals surface area contributed by atoms with Gasteiger partial charge in [-0.2, -0.15) is 0 Å². The molecular weight excluding hydrogens is 382 g/mol. The molecule has 0 saturated heterocycles. The van der Waals surface area contributed by atoms with E-state index >= 15 is 0 Å². The highest BCUT2D eigenvalue weighted by Crippen LogP contribution is 2.44. The van der Waals surface area contributed by atoms with Crippen molar-refractivity contribution in [2.75, 3.05) is 6.61 Å². The van der Waals surface area contributed by atoms with Gasteiger partial charge in [0, 0.05) is 5.92 Å². The van der Waals surface area contributed by atoms with Gasteiger partial charge in [-0.05, 0) is 22.3 Å². The van der Waals surface area contributed by atoms with E-state index in [1.54, 1.807) is 0 Å². The zero-order valence-corrected chi connectivity index (χ0v) is 15.0. The summed E-state index contributed by atoms with van der Waals surface area (Å²) in [6.45, 7) is -0.00619. The van der Waals surface area contributed by atoms with E-state index in [-0.39, 0.29) is 12.5 Å². The van der Waals surface area contributed by atoms with Crippen LogP contribution in [0, 0.1) is 5.41 Å². The Morgan fingerprint density at radius 1 is 0.897 bits per heavy atom. The fourth-order valence-electron chi connectivity index (χ4n) is 3.33. The molecule has 3 rings (SSSR count). The molecule has 0 spiro atoms. The summed E-state index contributed by atoms with van der Waals surface area (Å²) in [5.41, 5.74) is 4.03. The van der Waals surface area contributed by atoms with Crippen LogP contribution >= 0.6 is 0 Å². The predicted octanol–water partition coefficient (Wildman–Crippen LogP) is 3.47. The van der Waals surface area contributed by atoms with Crippen LogP contribution < -0.4 is 0 Å². The van der Waals surface area contributed by atoms with Crippen molar-refractivity contribution in [3.8, 4) is 11.1 Å². The normalized spacial score (nSPS) is 13.1. The minimum Gasteiger partial charge on any atom is -0.449 e. The van der Waals surface area contributed by atoms with Gasteiger partial charge in [-0.15, -0.1) is 0 Å². The summed E-state index contributed by atoms with van der Waals surface area (Å²) in [5, 5.41) is 24.8. The Morgan fingerprint density at radius 2 is 1.41 bits per heavy atom. The van der Waals surface area contributed by atoms with Gasteiger partial charge in [0.2, 0.25) is 0 Å². The predicted molar refractivity (Wildman–Crippen MR) is 99.0 cm³/mol. The molecule has 9 nitrogen and oxygen atoms in total. The molecule has 0 radical (unpaired) electrons. The van der Waals surface area contributed by atoms with Crippen LogP contribution in [0.5, 0.6) is 0 Å². The zero-order valence-electron chi connectivity index (χ0n) is 15.0. The first-order valence-corrected chi connectivity index (χ1v) is 8.59.